The smallest absolute Gasteiger partial charge is 0.369 e. The molecule has 0 unspecified atom stereocenters. The molecule has 0 radical (unpaired) electrons. The minimum absolute atomic E-state index is 0.0657. The van der Waals surface area contributed by atoms with Gasteiger partial charge in [0.1, 0.15) is 11.4 Å². The molecule has 0 saturated carbocycles. The van der Waals surface area contributed by atoms with E-state index < -0.39 is 27.6 Å². The van der Waals surface area contributed by atoms with Crippen molar-refractivity contribution in [2.75, 3.05) is 42.3 Å². The van der Waals surface area contributed by atoms with E-state index in [1.54, 1.807) is 18.2 Å². The number of amides is 1. The molecule has 0 bridgehead atoms. The van der Waals surface area contributed by atoms with Gasteiger partial charge in [0, 0.05) is 26.3 Å². The van der Waals surface area contributed by atoms with Gasteiger partial charge in [-0.05, 0) is 18.1 Å². The molecule has 2 heterocycles. The maximum absolute atomic E-state index is 13.3. The van der Waals surface area contributed by atoms with Crippen molar-refractivity contribution in [3.63, 3.8) is 0 Å². The summed E-state index contributed by atoms with van der Waals surface area (Å²) in [5, 5.41) is 8.15. The number of para-hydroxylation sites is 1. The van der Waals surface area contributed by atoms with E-state index in [2.05, 4.69) is 25.9 Å². The Bertz CT molecular complexity index is 1090. The highest BCUT2D eigenvalue weighted by Gasteiger charge is 2.35. The first-order chi connectivity index (χ1) is 14.4. The summed E-state index contributed by atoms with van der Waals surface area (Å²) in [6.45, 7) is 0.204. The molecule has 1 aliphatic heterocycles. The second kappa shape index (κ2) is 8.67. The molecule has 3 N–H and O–H groups in total. The Labute approximate surface area is 177 Å². The van der Waals surface area contributed by atoms with Crippen LogP contribution in [0.15, 0.2) is 24.4 Å². The third-order valence-electron chi connectivity index (χ3n) is 4.62. The first kappa shape index (κ1) is 22.7. The summed E-state index contributed by atoms with van der Waals surface area (Å²) in [6.07, 6.45) is -2.47. The van der Waals surface area contributed by atoms with Crippen LogP contribution in [0.1, 0.15) is 17.5 Å². The molecule has 0 aliphatic carbocycles. The normalized spacial score (nSPS) is 13.8. The molecule has 13 heteroatoms. The molecule has 168 valence electrons. The Morgan fingerprint density at radius 2 is 2.03 bits per heavy atom. The fraction of sp³-hybridized carbons (Fsp3) is 0.389. The minimum atomic E-state index is -4.67. The summed E-state index contributed by atoms with van der Waals surface area (Å²) in [4.78, 5) is 19.3. The molecule has 2 aromatic rings. The number of alkyl halides is 3. The predicted octanol–water partition coefficient (Wildman–Crippen LogP) is 2.43. The van der Waals surface area contributed by atoms with Gasteiger partial charge in [0.25, 0.3) is 0 Å². The van der Waals surface area contributed by atoms with Gasteiger partial charge in [-0.3, -0.25) is 4.79 Å². The predicted molar refractivity (Wildman–Crippen MR) is 110 cm³/mol. The number of carbonyl (C=O) groups is 1. The van der Waals surface area contributed by atoms with Crippen LogP contribution in [-0.2, 0) is 27.4 Å². The Morgan fingerprint density at radius 3 is 2.71 bits per heavy atom. The van der Waals surface area contributed by atoms with Gasteiger partial charge in [-0.2, -0.15) is 18.2 Å². The Hall–Kier alpha value is -2.93. The number of carbonyl (C=O) groups excluding carboxylic acids is 1. The lowest BCUT2D eigenvalue weighted by atomic mass is 10.1. The van der Waals surface area contributed by atoms with Crippen LogP contribution in [0.3, 0.4) is 0 Å². The highest BCUT2D eigenvalue weighted by atomic mass is 32.2. The lowest BCUT2D eigenvalue weighted by Gasteiger charge is -2.17. The van der Waals surface area contributed by atoms with Crippen molar-refractivity contribution in [3.8, 4) is 0 Å². The number of benzene rings is 1. The van der Waals surface area contributed by atoms with E-state index in [0.717, 1.165) is 16.1 Å². The van der Waals surface area contributed by atoms with Crippen molar-refractivity contribution >= 4 is 39.1 Å². The highest BCUT2D eigenvalue weighted by molar-refractivity contribution is 7.88. The Kier molecular flexibility index (Phi) is 6.36. The summed E-state index contributed by atoms with van der Waals surface area (Å²) in [6, 6.07) is 5.13. The van der Waals surface area contributed by atoms with Crippen molar-refractivity contribution in [2.45, 2.75) is 19.0 Å². The number of hydrogen-bond acceptors (Lipinski definition) is 7. The number of anilines is 4. The molecule has 0 saturated heterocycles. The monoisotopic (exact) mass is 458 g/mol. The van der Waals surface area contributed by atoms with E-state index in [0.29, 0.717) is 17.6 Å². The summed E-state index contributed by atoms with van der Waals surface area (Å²) in [5.41, 5.74) is 0.717. The van der Waals surface area contributed by atoms with Crippen molar-refractivity contribution in [2.24, 2.45) is 0 Å². The second-order valence-corrected chi connectivity index (χ2v) is 9.10. The first-order valence-electron chi connectivity index (χ1n) is 9.23. The van der Waals surface area contributed by atoms with Crippen molar-refractivity contribution in [3.05, 3.63) is 35.5 Å². The molecule has 0 fully saturated rings. The lowest BCUT2D eigenvalue weighted by Crippen LogP contribution is -2.28. The molecule has 3 rings (SSSR count). The van der Waals surface area contributed by atoms with Crippen LogP contribution in [0.4, 0.5) is 36.3 Å². The third-order valence-corrected chi connectivity index (χ3v) is 5.93. The third kappa shape index (κ3) is 5.61. The fourth-order valence-corrected chi connectivity index (χ4v) is 3.40. The SMILES string of the molecule is CN(CCCNc1nc(Nc2cccc3c2NC(=O)C3)ncc1C(F)(F)F)S(C)(=O)=O. The zero-order valence-electron chi connectivity index (χ0n) is 16.7. The number of fused-ring (bicyclic) bond motifs is 1. The van der Waals surface area contributed by atoms with E-state index in [1.165, 1.54) is 7.05 Å². The van der Waals surface area contributed by atoms with Crippen molar-refractivity contribution < 1.29 is 26.4 Å². The maximum Gasteiger partial charge on any atom is 0.421 e. The van der Waals surface area contributed by atoms with Crippen LogP contribution < -0.4 is 16.0 Å². The largest absolute Gasteiger partial charge is 0.421 e. The van der Waals surface area contributed by atoms with Gasteiger partial charge in [0.15, 0.2) is 0 Å². The van der Waals surface area contributed by atoms with Crippen molar-refractivity contribution in [1.29, 1.82) is 0 Å². The molecule has 31 heavy (non-hydrogen) atoms. The van der Waals surface area contributed by atoms with Gasteiger partial charge in [-0.25, -0.2) is 17.7 Å². The van der Waals surface area contributed by atoms with Crippen LogP contribution in [-0.4, -0.2) is 55.0 Å². The molecular weight excluding hydrogens is 437 g/mol. The number of halogens is 3. The number of aromatic nitrogens is 2. The fourth-order valence-electron chi connectivity index (χ4n) is 2.93. The molecule has 0 spiro atoms. The highest BCUT2D eigenvalue weighted by Crippen LogP contribution is 2.36. The van der Waals surface area contributed by atoms with Crippen LogP contribution in [0, 0.1) is 0 Å². The van der Waals surface area contributed by atoms with Gasteiger partial charge in [0.2, 0.25) is 21.9 Å². The quantitative estimate of drug-likeness (QED) is 0.520. The van der Waals surface area contributed by atoms with Gasteiger partial charge in [0.05, 0.1) is 24.1 Å². The Morgan fingerprint density at radius 1 is 1.29 bits per heavy atom. The van der Waals surface area contributed by atoms with E-state index in [4.69, 9.17) is 0 Å². The number of sulfonamides is 1. The van der Waals surface area contributed by atoms with Crippen LogP contribution in [0.5, 0.6) is 0 Å². The van der Waals surface area contributed by atoms with Crippen LogP contribution >= 0.6 is 0 Å². The van der Waals surface area contributed by atoms with Crippen LogP contribution in [0.25, 0.3) is 0 Å². The van der Waals surface area contributed by atoms with Gasteiger partial charge >= 0.3 is 6.18 Å². The maximum atomic E-state index is 13.3. The molecule has 1 aromatic heterocycles. The molecule has 0 atom stereocenters. The summed E-state index contributed by atoms with van der Waals surface area (Å²) >= 11 is 0. The lowest BCUT2D eigenvalue weighted by molar-refractivity contribution is -0.137. The zero-order chi connectivity index (χ0) is 22.8. The van der Waals surface area contributed by atoms with E-state index >= 15 is 0 Å². The number of hydrogen-bond donors (Lipinski definition) is 3. The molecular formula is C18H21F3N6O3S. The van der Waals surface area contributed by atoms with Gasteiger partial charge in [-0.1, -0.05) is 12.1 Å². The molecule has 1 aliphatic rings. The van der Waals surface area contributed by atoms with Gasteiger partial charge in [-0.15, -0.1) is 0 Å². The zero-order valence-corrected chi connectivity index (χ0v) is 17.6. The minimum Gasteiger partial charge on any atom is -0.369 e. The summed E-state index contributed by atoms with van der Waals surface area (Å²) in [7, 11) is -1.98. The van der Waals surface area contributed by atoms with E-state index in [-0.39, 0.29) is 37.8 Å². The van der Waals surface area contributed by atoms with Gasteiger partial charge < -0.3 is 16.0 Å². The first-order valence-corrected chi connectivity index (χ1v) is 11.1. The summed E-state index contributed by atoms with van der Waals surface area (Å²) < 4.78 is 64.0. The average molecular weight is 458 g/mol. The Balaban J connectivity index is 1.77. The topological polar surface area (TPSA) is 116 Å². The van der Waals surface area contributed by atoms with Crippen molar-refractivity contribution in [1.82, 2.24) is 14.3 Å². The number of rotatable bonds is 8. The summed E-state index contributed by atoms with van der Waals surface area (Å²) in [5.74, 6) is -0.694. The van der Waals surface area contributed by atoms with E-state index in [1.807, 2.05) is 0 Å². The molecule has 9 nitrogen and oxygen atoms in total. The molecule has 1 amide bonds. The van der Waals surface area contributed by atoms with E-state index in [9.17, 15) is 26.4 Å². The average Bonchev–Trinajstić information content (AvgIpc) is 3.05. The standard InChI is InChI=1S/C18H21F3N6O3S/c1-27(31(2,29)30)8-4-7-22-16-12(18(19,20)21)10-23-17(26-16)24-13-6-3-5-11-9-14(28)25-15(11)13/h3,5-6,10H,4,7-9H2,1-2H3,(H,25,28)(H2,22,23,24,26). The molecule has 1 aromatic carbocycles. The number of nitrogens with one attached hydrogen (secondary N) is 3. The van der Waals surface area contributed by atoms with Crippen LogP contribution in [0.2, 0.25) is 0 Å². The second-order valence-electron chi connectivity index (χ2n) is 7.01. The number of nitrogens with zero attached hydrogens (tertiary/aromatic N) is 3.